The SMILES string of the molecule is Cc1nn(C)c(Cl)c1Cn1ccc([N+](=O)[O-])n1. The van der Waals surface area contributed by atoms with Gasteiger partial charge in [0, 0.05) is 12.6 Å². The van der Waals surface area contributed by atoms with Crippen LogP contribution in [0.25, 0.3) is 0 Å². The summed E-state index contributed by atoms with van der Waals surface area (Å²) in [4.78, 5) is 9.96. The topological polar surface area (TPSA) is 78.8 Å². The van der Waals surface area contributed by atoms with Crippen LogP contribution < -0.4 is 0 Å². The maximum atomic E-state index is 10.5. The van der Waals surface area contributed by atoms with Gasteiger partial charge in [-0.1, -0.05) is 11.6 Å². The van der Waals surface area contributed by atoms with Crippen molar-refractivity contribution in [1.29, 1.82) is 0 Å². The molecule has 2 heterocycles. The second kappa shape index (κ2) is 4.17. The molecule has 0 amide bonds. The number of hydrogen-bond donors (Lipinski definition) is 0. The van der Waals surface area contributed by atoms with E-state index in [1.54, 1.807) is 17.9 Å². The molecular weight excluding hydrogens is 246 g/mol. The molecule has 0 fully saturated rings. The smallest absolute Gasteiger partial charge is 0.358 e. The highest BCUT2D eigenvalue weighted by molar-refractivity contribution is 6.30. The molecule has 8 heteroatoms. The van der Waals surface area contributed by atoms with Crippen LogP contribution in [-0.4, -0.2) is 24.5 Å². The van der Waals surface area contributed by atoms with Crippen molar-refractivity contribution in [3.63, 3.8) is 0 Å². The van der Waals surface area contributed by atoms with E-state index in [1.807, 2.05) is 6.92 Å². The van der Waals surface area contributed by atoms with E-state index < -0.39 is 4.92 Å². The van der Waals surface area contributed by atoms with E-state index >= 15 is 0 Å². The summed E-state index contributed by atoms with van der Waals surface area (Å²) in [5.41, 5.74) is 1.60. The molecule has 7 nitrogen and oxygen atoms in total. The predicted molar refractivity (Wildman–Crippen MR) is 60.9 cm³/mol. The van der Waals surface area contributed by atoms with Crippen LogP contribution in [0.1, 0.15) is 11.3 Å². The van der Waals surface area contributed by atoms with Crippen molar-refractivity contribution in [1.82, 2.24) is 19.6 Å². The average molecular weight is 256 g/mol. The van der Waals surface area contributed by atoms with E-state index in [-0.39, 0.29) is 5.82 Å². The molecule has 0 atom stereocenters. The van der Waals surface area contributed by atoms with E-state index in [0.717, 1.165) is 11.3 Å². The third-order valence-electron chi connectivity index (χ3n) is 2.40. The summed E-state index contributed by atoms with van der Waals surface area (Å²) >= 11 is 6.06. The summed E-state index contributed by atoms with van der Waals surface area (Å²) in [6.45, 7) is 2.20. The molecule has 2 aromatic heterocycles. The fraction of sp³-hybridized carbons (Fsp3) is 0.333. The molecule has 2 aromatic rings. The molecular formula is C9H10ClN5O2. The molecule has 0 aliphatic carbocycles. The number of rotatable bonds is 3. The van der Waals surface area contributed by atoms with Crippen LogP contribution in [0, 0.1) is 17.0 Å². The van der Waals surface area contributed by atoms with Crippen molar-refractivity contribution in [3.05, 3.63) is 38.8 Å². The van der Waals surface area contributed by atoms with Crippen molar-refractivity contribution < 1.29 is 4.92 Å². The first-order valence-corrected chi connectivity index (χ1v) is 5.22. The van der Waals surface area contributed by atoms with Crippen LogP contribution in [-0.2, 0) is 13.6 Å². The molecule has 0 aliphatic rings. The van der Waals surface area contributed by atoms with Gasteiger partial charge in [0.25, 0.3) is 0 Å². The summed E-state index contributed by atoms with van der Waals surface area (Å²) in [7, 11) is 1.74. The minimum Gasteiger partial charge on any atom is -0.358 e. The molecule has 0 saturated heterocycles. The molecule has 0 aliphatic heterocycles. The molecule has 2 rings (SSSR count). The number of nitro groups is 1. The van der Waals surface area contributed by atoms with Crippen molar-refractivity contribution in [2.24, 2.45) is 7.05 Å². The summed E-state index contributed by atoms with van der Waals surface area (Å²) in [6.07, 6.45) is 1.54. The van der Waals surface area contributed by atoms with E-state index in [1.165, 1.54) is 10.7 Å². The van der Waals surface area contributed by atoms with Gasteiger partial charge in [-0.05, 0) is 11.8 Å². The minimum absolute atomic E-state index is 0.178. The Kier molecular flexibility index (Phi) is 2.84. The van der Waals surface area contributed by atoms with Crippen molar-refractivity contribution in [2.45, 2.75) is 13.5 Å². The summed E-state index contributed by atoms with van der Waals surface area (Å²) in [5.74, 6) is -0.178. The van der Waals surface area contributed by atoms with Crippen LogP contribution in [0.2, 0.25) is 5.15 Å². The Labute approximate surface area is 102 Å². The molecule has 90 valence electrons. The number of aromatic nitrogens is 4. The molecule has 0 spiro atoms. The lowest BCUT2D eigenvalue weighted by Gasteiger charge is -1.97. The van der Waals surface area contributed by atoms with Gasteiger partial charge in [0.15, 0.2) is 0 Å². The second-order valence-electron chi connectivity index (χ2n) is 3.61. The highest BCUT2D eigenvalue weighted by atomic mass is 35.5. The zero-order valence-electron chi connectivity index (χ0n) is 9.29. The lowest BCUT2D eigenvalue weighted by atomic mass is 10.3. The zero-order chi connectivity index (χ0) is 12.6. The van der Waals surface area contributed by atoms with Crippen LogP contribution in [0.4, 0.5) is 5.82 Å². The van der Waals surface area contributed by atoms with Gasteiger partial charge < -0.3 is 10.1 Å². The fourth-order valence-electron chi connectivity index (χ4n) is 1.55. The Morgan fingerprint density at radius 3 is 2.71 bits per heavy atom. The van der Waals surface area contributed by atoms with E-state index in [2.05, 4.69) is 10.2 Å². The van der Waals surface area contributed by atoms with Gasteiger partial charge >= 0.3 is 5.82 Å². The number of aryl methyl sites for hydroxylation is 2. The molecule has 17 heavy (non-hydrogen) atoms. The largest absolute Gasteiger partial charge is 0.389 e. The third kappa shape index (κ3) is 2.14. The average Bonchev–Trinajstić information content (AvgIpc) is 2.80. The highest BCUT2D eigenvalue weighted by Crippen LogP contribution is 2.20. The molecule has 0 unspecified atom stereocenters. The van der Waals surface area contributed by atoms with Gasteiger partial charge in [-0.25, -0.2) is 0 Å². The summed E-state index contributed by atoms with van der Waals surface area (Å²) < 4.78 is 3.03. The first-order valence-electron chi connectivity index (χ1n) is 4.85. The maximum Gasteiger partial charge on any atom is 0.389 e. The van der Waals surface area contributed by atoms with E-state index in [0.29, 0.717) is 11.7 Å². The number of hydrogen-bond acceptors (Lipinski definition) is 4. The van der Waals surface area contributed by atoms with Crippen molar-refractivity contribution >= 4 is 17.4 Å². The lowest BCUT2D eigenvalue weighted by Crippen LogP contribution is -2.02. The van der Waals surface area contributed by atoms with Crippen molar-refractivity contribution in [2.75, 3.05) is 0 Å². The van der Waals surface area contributed by atoms with Gasteiger partial charge in [0.2, 0.25) is 0 Å². The minimum atomic E-state index is -0.534. The Morgan fingerprint density at radius 2 is 2.24 bits per heavy atom. The monoisotopic (exact) mass is 255 g/mol. The summed E-state index contributed by atoms with van der Waals surface area (Å²) in [5, 5.41) is 19.0. The third-order valence-corrected chi connectivity index (χ3v) is 2.88. The van der Waals surface area contributed by atoms with E-state index in [9.17, 15) is 10.1 Å². The normalized spacial score (nSPS) is 10.8. The highest BCUT2D eigenvalue weighted by Gasteiger charge is 2.16. The first-order chi connectivity index (χ1) is 7.99. The number of nitrogens with zero attached hydrogens (tertiary/aromatic N) is 5. The fourth-order valence-corrected chi connectivity index (χ4v) is 1.79. The predicted octanol–water partition coefficient (Wildman–Crippen LogP) is 1.53. The van der Waals surface area contributed by atoms with Crippen LogP contribution in [0.15, 0.2) is 12.3 Å². The van der Waals surface area contributed by atoms with Crippen molar-refractivity contribution in [3.8, 4) is 0 Å². The van der Waals surface area contributed by atoms with Gasteiger partial charge in [-0.3, -0.25) is 4.68 Å². The molecule has 0 N–H and O–H groups in total. The Morgan fingerprint density at radius 1 is 1.53 bits per heavy atom. The molecule has 0 radical (unpaired) electrons. The molecule has 0 aromatic carbocycles. The lowest BCUT2D eigenvalue weighted by molar-refractivity contribution is -0.389. The Hall–Kier alpha value is -1.89. The van der Waals surface area contributed by atoms with Crippen LogP contribution in [0.5, 0.6) is 0 Å². The maximum absolute atomic E-state index is 10.5. The molecule has 0 saturated carbocycles. The molecule has 0 bridgehead atoms. The van der Waals surface area contributed by atoms with Gasteiger partial charge in [0.1, 0.15) is 5.15 Å². The quantitative estimate of drug-likeness (QED) is 0.615. The van der Waals surface area contributed by atoms with Gasteiger partial charge in [0.05, 0.1) is 29.6 Å². The van der Waals surface area contributed by atoms with Crippen LogP contribution in [0.3, 0.4) is 0 Å². The number of halogens is 1. The first kappa shape index (κ1) is 11.6. The standard InChI is InChI=1S/C9H10ClN5O2/c1-6-7(9(10)13(2)11-6)5-14-4-3-8(12-14)15(16)17/h3-4H,5H2,1-2H3. The van der Waals surface area contributed by atoms with Crippen LogP contribution >= 0.6 is 11.6 Å². The van der Waals surface area contributed by atoms with Gasteiger partial charge in [-0.2, -0.15) is 9.78 Å². The Balaban J connectivity index is 2.28. The summed E-state index contributed by atoms with van der Waals surface area (Å²) in [6, 6.07) is 1.35. The van der Waals surface area contributed by atoms with Gasteiger partial charge in [-0.15, -0.1) is 0 Å². The second-order valence-corrected chi connectivity index (χ2v) is 3.97. The Bertz CT molecular complexity index is 574. The zero-order valence-corrected chi connectivity index (χ0v) is 10.0. The van der Waals surface area contributed by atoms with E-state index in [4.69, 9.17) is 11.6 Å².